The van der Waals surface area contributed by atoms with Crippen LogP contribution in [0, 0.1) is 0 Å². The Morgan fingerprint density at radius 2 is 1.52 bits per heavy atom. The van der Waals surface area contributed by atoms with Crippen molar-refractivity contribution >= 4 is 5.91 Å². The van der Waals surface area contributed by atoms with Gasteiger partial charge in [0, 0.05) is 31.6 Å². The molecule has 2 aliphatic heterocycles. The highest BCUT2D eigenvalue weighted by atomic mass is 16.7. The molecule has 0 aromatic rings. The molecule has 4 unspecified atom stereocenters. The summed E-state index contributed by atoms with van der Waals surface area (Å²) in [7, 11) is 0. The second-order valence-corrected chi connectivity index (χ2v) is 12.7. The number of aliphatic hydroxyl groups is 8. The molecule has 0 aromatic heterocycles. The predicted molar refractivity (Wildman–Crippen MR) is 155 cm³/mol. The van der Waals surface area contributed by atoms with Gasteiger partial charge in [0.2, 0.25) is 0 Å². The molecule has 20 nitrogen and oxygen atoms in total. The summed E-state index contributed by atoms with van der Waals surface area (Å²) in [5.41, 5.74) is 27.7. The van der Waals surface area contributed by atoms with Gasteiger partial charge in [-0.3, -0.25) is 4.79 Å². The van der Waals surface area contributed by atoms with Crippen LogP contribution in [-0.2, 0) is 23.7 Å². The highest BCUT2D eigenvalue weighted by molar-refractivity contribution is 5.89. The van der Waals surface area contributed by atoms with Gasteiger partial charge in [-0.1, -0.05) is 0 Å². The largest absolute Gasteiger partial charge is 0.394 e. The van der Waals surface area contributed by atoms with Gasteiger partial charge in [-0.05, 0) is 19.4 Å². The third-order valence-electron chi connectivity index (χ3n) is 9.21. The zero-order valence-electron chi connectivity index (χ0n) is 25.3. The van der Waals surface area contributed by atoms with Crippen LogP contribution in [0.5, 0.6) is 0 Å². The van der Waals surface area contributed by atoms with E-state index in [0.29, 0.717) is 6.42 Å². The maximum Gasteiger partial charge on any atom is 0.253 e. The van der Waals surface area contributed by atoms with E-state index in [0.717, 1.165) is 0 Å². The van der Waals surface area contributed by atoms with Crippen LogP contribution in [0.25, 0.3) is 0 Å². The van der Waals surface area contributed by atoms with E-state index in [4.69, 9.17) is 47.6 Å². The number of carbonyl (C=O) groups excluding carboxylic acids is 1. The van der Waals surface area contributed by atoms with Gasteiger partial charge in [0.05, 0.1) is 30.8 Å². The Labute approximate surface area is 265 Å². The minimum Gasteiger partial charge on any atom is -0.394 e. The number of nitrogens with one attached hydrogen (secondary N) is 2. The maximum atomic E-state index is 12.9. The summed E-state index contributed by atoms with van der Waals surface area (Å²) in [5, 5.41) is 89.2. The van der Waals surface area contributed by atoms with Crippen molar-refractivity contribution in [1.82, 2.24) is 10.6 Å². The maximum absolute atomic E-state index is 12.9. The number of aliphatic hydroxyl groups excluding tert-OH is 7. The van der Waals surface area contributed by atoms with Gasteiger partial charge in [-0.25, -0.2) is 0 Å². The molecule has 0 radical (unpaired) electrons. The summed E-state index contributed by atoms with van der Waals surface area (Å²) >= 11 is 0. The minimum absolute atomic E-state index is 0.000118. The first-order chi connectivity index (χ1) is 21.6. The molecule has 4 rings (SSSR count). The lowest BCUT2D eigenvalue weighted by Crippen LogP contribution is -2.70. The van der Waals surface area contributed by atoms with E-state index in [1.165, 1.54) is 0 Å². The second kappa shape index (κ2) is 15.5. The highest BCUT2D eigenvalue weighted by Crippen LogP contribution is 2.36. The summed E-state index contributed by atoms with van der Waals surface area (Å²) in [5.74, 6) is -0.843. The molecule has 2 aliphatic carbocycles. The molecule has 2 saturated heterocycles. The van der Waals surface area contributed by atoms with E-state index in [2.05, 4.69) is 10.6 Å². The van der Waals surface area contributed by atoms with Crippen molar-refractivity contribution in [3.8, 4) is 0 Å². The average molecular weight is 670 g/mol. The zero-order chi connectivity index (χ0) is 34.1. The van der Waals surface area contributed by atoms with Crippen molar-refractivity contribution in [2.75, 3.05) is 26.2 Å². The first kappa shape index (κ1) is 37.6. The van der Waals surface area contributed by atoms with Gasteiger partial charge < -0.3 is 99.1 Å². The standard InChI is InChI=1S/C26H51N7O13/c27-2-1-8(35)5-32-6-11-17(37)18(38)15(31)23(43-11)45-21-9(28)3-10(33-25(41)26(42)4-13(26)29)22(20(21)40)46-24-19(39)14(30)16(36)12(7-34)44-24/h8-24,32,34-40,42H,1-7,27-31H2,(H,33,41)/t8?,9-,10+,11+,12+,13?,14-,15+,16+,17+,18+,19+,20-,21?,22-,23+,24+,26?/m0/s1. The molecule has 20 heteroatoms. The molecule has 0 bridgehead atoms. The minimum atomic E-state index is -1.84. The lowest BCUT2D eigenvalue weighted by atomic mass is 9.83. The van der Waals surface area contributed by atoms with Crippen LogP contribution in [0.4, 0.5) is 0 Å². The van der Waals surface area contributed by atoms with Crippen LogP contribution < -0.4 is 39.3 Å². The van der Waals surface area contributed by atoms with Gasteiger partial charge >= 0.3 is 0 Å². The molecule has 0 spiro atoms. The Balaban J connectivity index is 1.51. The molecule has 46 heavy (non-hydrogen) atoms. The van der Waals surface area contributed by atoms with Crippen LogP contribution >= 0.6 is 0 Å². The Kier molecular flexibility index (Phi) is 12.7. The van der Waals surface area contributed by atoms with Crippen LogP contribution in [-0.4, -0.2) is 182 Å². The number of nitrogens with two attached hydrogens (primary N) is 5. The van der Waals surface area contributed by atoms with Crippen molar-refractivity contribution in [3.63, 3.8) is 0 Å². The van der Waals surface area contributed by atoms with Crippen molar-refractivity contribution in [2.45, 2.75) is 129 Å². The molecular weight excluding hydrogens is 618 g/mol. The number of hydrogen-bond donors (Lipinski definition) is 15. The fourth-order valence-corrected chi connectivity index (χ4v) is 6.04. The number of hydrogen-bond acceptors (Lipinski definition) is 19. The van der Waals surface area contributed by atoms with E-state index in [1.54, 1.807) is 0 Å². The van der Waals surface area contributed by atoms with E-state index >= 15 is 0 Å². The van der Waals surface area contributed by atoms with E-state index in [1.807, 2.05) is 0 Å². The van der Waals surface area contributed by atoms with Crippen molar-refractivity contribution in [1.29, 1.82) is 0 Å². The first-order valence-corrected chi connectivity index (χ1v) is 15.4. The monoisotopic (exact) mass is 669 g/mol. The number of ether oxygens (including phenoxy) is 4. The van der Waals surface area contributed by atoms with Gasteiger partial charge in [0.1, 0.15) is 54.9 Å². The topological polar surface area (TPSA) is 370 Å². The van der Waals surface area contributed by atoms with Gasteiger partial charge in [0.15, 0.2) is 18.2 Å². The molecule has 18 atom stereocenters. The number of carbonyl (C=O) groups is 1. The van der Waals surface area contributed by atoms with Crippen LogP contribution in [0.15, 0.2) is 0 Å². The molecule has 4 fully saturated rings. The molecular formula is C26H51N7O13. The summed E-state index contributed by atoms with van der Waals surface area (Å²) in [6.07, 6.45) is -16.4. The molecule has 1 amide bonds. The third kappa shape index (κ3) is 7.96. The van der Waals surface area contributed by atoms with Crippen molar-refractivity contribution in [2.24, 2.45) is 28.7 Å². The molecule has 4 aliphatic rings. The van der Waals surface area contributed by atoms with Crippen LogP contribution in [0.3, 0.4) is 0 Å². The van der Waals surface area contributed by atoms with E-state index in [9.17, 15) is 45.6 Å². The van der Waals surface area contributed by atoms with Crippen LogP contribution in [0.2, 0.25) is 0 Å². The Morgan fingerprint density at radius 3 is 2.13 bits per heavy atom. The lowest BCUT2D eigenvalue weighted by Gasteiger charge is -2.49. The lowest BCUT2D eigenvalue weighted by molar-refractivity contribution is -0.320. The quantitative estimate of drug-likeness (QED) is 0.0865. The molecule has 2 heterocycles. The third-order valence-corrected chi connectivity index (χ3v) is 9.21. The summed E-state index contributed by atoms with van der Waals surface area (Å²) < 4.78 is 23.3. The van der Waals surface area contributed by atoms with Crippen molar-refractivity contribution < 1.29 is 64.6 Å². The Hall–Kier alpha value is -1.25. The molecule has 2 saturated carbocycles. The molecule has 20 N–H and O–H groups in total. The predicted octanol–water partition coefficient (Wildman–Crippen LogP) is -9.36. The van der Waals surface area contributed by atoms with Gasteiger partial charge in [-0.2, -0.15) is 0 Å². The molecule has 0 aromatic carbocycles. The Bertz CT molecular complexity index is 1010. The SMILES string of the molecule is NCCC(O)CNC[C@H]1O[C@H](OC2[C@@H](N)C[C@@H](NC(=O)C3(O)CC3N)[C@H](O[C@H]3O[C@H](CO)[C@@H](O)[C@H](N)[C@H]3O)[C@H]2O)[C@H](N)[C@@H](O)[C@@H]1O. The average Bonchev–Trinajstić information content (AvgIpc) is 3.64. The smallest absolute Gasteiger partial charge is 0.253 e. The first-order valence-electron chi connectivity index (χ1n) is 15.4. The summed E-state index contributed by atoms with van der Waals surface area (Å²) in [4.78, 5) is 12.9. The normalized spacial score (nSPS) is 48.5. The van der Waals surface area contributed by atoms with E-state index < -0.39 is 122 Å². The fraction of sp³-hybridized carbons (Fsp3) is 0.962. The van der Waals surface area contributed by atoms with Gasteiger partial charge in [0.25, 0.3) is 5.91 Å². The fourth-order valence-electron chi connectivity index (χ4n) is 6.04. The molecule has 268 valence electrons. The van der Waals surface area contributed by atoms with Crippen molar-refractivity contribution in [3.05, 3.63) is 0 Å². The van der Waals surface area contributed by atoms with Gasteiger partial charge in [-0.15, -0.1) is 0 Å². The van der Waals surface area contributed by atoms with Crippen LogP contribution in [0.1, 0.15) is 19.3 Å². The second-order valence-electron chi connectivity index (χ2n) is 12.7. The highest BCUT2D eigenvalue weighted by Gasteiger charge is 2.59. The zero-order valence-corrected chi connectivity index (χ0v) is 25.3. The van der Waals surface area contributed by atoms with E-state index in [-0.39, 0.29) is 32.5 Å². The summed E-state index contributed by atoms with van der Waals surface area (Å²) in [6, 6.07) is -5.56. The summed E-state index contributed by atoms with van der Waals surface area (Å²) in [6.45, 7) is -0.303. The number of amides is 1. The number of rotatable bonds is 13. The Morgan fingerprint density at radius 1 is 0.891 bits per heavy atom.